The first kappa shape index (κ1) is 27.3. The van der Waals surface area contributed by atoms with Gasteiger partial charge in [0.1, 0.15) is 0 Å². The van der Waals surface area contributed by atoms with Gasteiger partial charge in [0.15, 0.2) is 0 Å². The minimum atomic E-state index is -2.38. The molecule has 194 valence electrons. The Morgan fingerprint density at radius 3 is 2.15 bits per heavy atom. The smallest absolute Gasteiger partial charge is 1.00 e. The minimum Gasteiger partial charge on any atom is -1.00 e. The Labute approximate surface area is 255 Å². The second-order valence-electron chi connectivity index (χ2n) is 11.0. The molecule has 4 aromatic rings. The van der Waals surface area contributed by atoms with E-state index in [9.17, 15) is 0 Å². The molecule has 4 aliphatic rings. The van der Waals surface area contributed by atoms with Gasteiger partial charge in [0.25, 0.3) is 0 Å². The molecular formula is C37H28Cl2Zr. The zero-order valence-electron chi connectivity index (χ0n) is 22.6. The van der Waals surface area contributed by atoms with Crippen LogP contribution in [0.4, 0.5) is 0 Å². The summed E-state index contributed by atoms with van der Waals surface area (Å²) in [5.41, 5.74) is 8.95. The predicted molar refractivity (Wildman–Crippen MR) is 161 cm³/mol. The third-order valence-corrected chi connectivity index (χ3v) is 15.9. The van der Waals surface area contributed by atoms with Crippen molar-refractivity contribution >= 4 is 45.8 Å². The van der Waals surface area contributed by atoms with Crippen LogP contribution in [0.2, 0.25) is 0 Å². The maximum absolute atomic E-state index is 2.53. The van der Waals surface area contributed by atoms with E-state index >= 15 is 0 Å². The molecule has 0 bridgehead atoms. The average molecular weight is 635 g/mol. The summed E-state index contributed by atoms with van der Waals surface area (Å²) < 4.78 is 4.94. The Kier molecular flexibility index (Phi) is 7.20. The number of rotatable bonds is 2. The van der Waals surface area contributed by atoms with Gasteiger partial charge < -0.3 is 24.8 Å². The van der Waals surface area contributed by atoms with E-state index in [-0.39, 0.29) is 24.8 Å². The van der Waals surface area contributed by atoms with Crippen molar-refractivity contribution in [1.82, 2.24) is 0 Å². The maximum atomic E-state index is 2.53. The average Bonchev–Trinajstić information content (AvgIpc) is 3.59. The Bertz CT molecular complexity index is 2080. The van der Waals surface area contributed by atoms with Crippen LogP contribution in [0.15, 0.2) is 106 Å². The summed E-state index contributed by atoms with van der Waals surface area (Å²) in [6, 6.07) is 22.5. The van der Waals surface area contributed by atoms with Gasteiger partial charge in [0, 0.05) is 0 Å². The van der Waals surface area contributed by atoms with Crippen LogP contribution < -0.4 is 35.3 Å². The Balaban J connectivity index is 0.00000145. The van der Waals surface area contributed by atoms with Crippen molar-refractivity contribution in [2.75, 3.05) is 0 Å². The number of halogens is 2. The summed E-state index contributed by atoms with van der Waals surface area (Å²) in [5.74, 6) is 0. The van der Waals surface area contributed by atoms with Crippen LogP contribution in [0.5, 0.6) is 0 Å². The molecule has 8 rings (SSSR count). The van der Waals surface area contributed by atoms with E-state index in [0.29, 0.717) is 0 Å². The first-order valence-corrected chi connectivity index (χ1v) is 17.3. The van der Waals surface area contributed by atoms with Crippen LogP contribution >= 0.6 is 0 Å². The third-order valence-electron chi connectivity index (χ3n) is 8.66. The summed E-state index contributed by atoms with van der Waals surface area (Å²) in [4.78, 5) is 0. The molecule has 40 heavy (non-hydrogen) atoms. The molecule has 0 heterocycles. The quantitative estimate of drug-likeness (QED) is 0.313. The van der Waals surface area contributed by atoms with Crippen LogP contribution in [0.3, 0.4) is 0 Å². The second-order valence-corrected chi connectivity index (χ2v) is 17.9. The van der Waals surface area contributed by atoms with Crippen molar-refractivity contribution in [1.29, 1.82) is 0 Å². The first-order valence-electron chi connectivity index (χ1n) is 13.7. The fraction of sp³-hybridized carbons (Fsp3) is 0.108. The maximum Gasteiger partial charge on any atom is -1.00 e. The number of fused-ring (bicyclic) bond motifs is 11. The summed E-state index contributed by atoms with van der Waals surface area (Å²) in [5, 5.41) is 8.38. The van der Waals surface area contributed by atoms with Gasteiger partial charge in [-0.25, -0.2) is 0 Å². The molecule has 0 saturated heterocycles. The van der Waals surface area contributed by atoms with Crippen molar-refractivity contribution in [3.8, 4) is 0 Å². The number of hydrogen-bond acceptors (Lipinski definition) is 0. The molecule has 0 N–H and O–H groups in total. The molecule has 0 saturated carbocycles. The summed E-state index contributed by atoms with van der Waals surface area (Å²) in [7, 11) is 0. The van der Waals surface area contributed by atoms with Gasteiger partial charge in [0.05, 0.1) is 0 Å². The number of benzene rings is 4. The van der Waals surface area contributed by atoms with Crippen LogP contribution in [0.25, 0.3) is 42.6 Å². The molecule has 0 spiro atoms. The van der Waals surface area contributed by atoms with E-state index in [4.69, 9.17) is 0 Å². The van der Waals surface area contributed by atoms with Gasteiger partial charge >= 0.3 is 232 Å². The van der Waals surface area contributed by atoms with Crippen molar-refractivity contribution < 1.29 is 46.1 Å². The van der Waals surface area contributed by atoms with Gasteiger partial charge in [-0.15, -0.1) is 0 Å². The molecule has 4 aromatic carbocycles. The van der Waals surface area contributed by atoms with Crippen LogP contribution in [-0.2, 0) is 34.1 Å². The predicted octanol–water partition coefficient (Wildman–Crippen LogP) is 1.32. The molecule has 0 nitrogen and oxygen atoms in total. The molecule has 0 aromatic heterocycles. The first-order chi connectivity index (χ1) is 18.7. The van der Waals surface area contributed by atoms with Gasteiger partial charge in [0.2, 0.25) is 0 Å². The van der Waals surface area contributed by atoms with Gasteiger partial charge in [-0.2, -0.15) is 0 Å². The SMILES string of the molecule is C[C](C)=[Zr+2]([C]1=CC=C2C1=CCc1ccc3ccccc3c12)[C]1=CC=c2c1c1c(c3ccccc23)=CC=CC1.[Cl-].[Cl-]. The van der Waals surface area contributed by atoms with Crippen molar-refractivity contribution in [3.63, 3.8) is 0 Å². The molecule has 0 atom stereocenters. The fourth-order valence-electron chi connectivity index (χ4n) is 7.09. The van der Waals surface area contributed by atoms with E-state index in [0.717, 1.165) is 12.8 Å². The van der Waals surface area contributed by atoms with E-state index in [2.05, 4.69) is 123 Å². The monoisotopic (exact) mass is 632 g/mol. The van der Waals surface area contributed by atoms with Gasteiger partial charge in [-0.3, -0.25) is 0 Å². The van der Waals surface area contributed by atoms with Crippen LogP contribution in [0.1, 0.15) is 36.1 Å². The van der Waals surface area contributed by atoms with E-state index in [1.54, 1.807) is 15.3 Å². The molecule has 0 amide bonds. The van der Waals surface area contributed by atoms with Gasteiger partial charge in [-0.05, 0) is 0 Å². The molecule has 0 aliphatic heterocycles. The Morgan fingerprint density at radius 2 is 1.35 bits per heavy atom. The summed E-state index contributed by atoms with van der Waals surface area (Å²) in [6.45, 7) is 4.80. The standard InChI is InChI=1S/2C17H11.C3H6.2ClH.Zr/c1-3-8-14-12(6-1)13-7-2-4-9-15(13)17-11-5-10-16(14)17;1-2-6-15-12(4-1)8-10-14-11-9-13-5-3-7-16(13)17(14)15;1-3-2;;;/h1-8,10H,9H2;1-4,6-10H,11H2;1-2H3;2*1H;/q;;;;;+2/p-2. The Morgan fingerprint density at radius 1 is 0.625 bits per heavy atom. The topological polar surface area (TPSA) is 0 Å². The zero-order chi connectivity index (χ0) is 25.4. The fourth-order valence-corrected chi connectivity index (χ4v) is 14.2. The largest absolute Gasteiger partial charge is 1.00 e. The third kappa shape index (κ3) is 3.93. The van der Waals surface area contributed by atoms with Gasteiger partial charge in [-0.1, -0.05) is 0 Å². The molecule has 0 radical (unpaired) electrons. The minimum absolute atomic E-state index is 0. The van der Waals surface area contributed by atoms with E-state index in [1.165, 1.54) is 59.8 Å². The molecule has 3 heteroatoms. The Hall–Kier alpha value is -2.83. The molecular weight excluding hydrogens is 607 g/mol. The summed E-state index contributed by atoms with van der Waals surface area (Å²) >= 11 is -2.38. The molecule has 0 unspecified atom stereocenters. The van der Waals surface area contributed by atoms with Crippen molar-refractivity contribution in [3.05, 3.63) is 139 Å². The molecule has 0 fully saturated rings. The second kappa shape index (κ2) is 10.5. The molecule has 4 aliphatic carbocycles. The van der Waals surface area contributed by atoms with Crippen LogP contribution in [-0.4, -0.2) is 3.21 Å². The zero-order valence-corrected chi connectivity index (χ0v) is 26.5. The number of allylic oxidation sites excluding steroid dienone is 9. The number of hydrogen-bond donors (Lipinski definition) is 0. The van der Waals surface area contributed by atoms with Crippen LogP contribution in [0, 0.1) is 0 Å². The van der Waals surface area contributed by atoms with Crippen molar-refractivity contribution in [2.24, 2.45) is 0 Å². The summed E-state index contributed by atoms with van der Waals surface area (Å²) in [6.07, 6.45) is 21.3. The normalized spacial score (nSPS) is 15.3. The van der Waals surface area contributed by atoms with E-state index in [1.807, 2.05) is 0 Å². The van der Waals surface area contributed by atoms with E-state index < -0.39 is 21.3 Å². The van der Waals surface area contributed by atoms with Crippen molar-refractivity contribution in [2.45, 2.75) is 26.7 Å².